The average Bonchev–Trinajstić information content (AvgIpc) is 2.77. The van der Waals surface area contributed by atoms with Crippen LogP contribution in [0.25, 0.3) is 0 Å². The Hall–Kier alpha value is -3.40. The molecule has 4 rings (SSSR count). The molecule has 0 N–H and O–H groups in total. The molecule has 7 heteroatoms. The third-order valence-electron chi connectivity index (χ3n) is 5.17. The minimum Gasteiger partial charge on any atom is -0.373 e. The van der Waals surface area contributed by atoms with E-state index in [2.05, 4.69) is 27.0 Å². The van der Waals surface area contributed by atoms with Gasteiger partial charge < -0.3 is 14.7 Å². The molecule has 2 aliphatic rings. The van der Waals surface area contributed by atoms with E-state index in [0.717, 1.165) is 37.2 Å². The van der Waals surface area contributed by atoms with Crippen molar-refractivity contribution in [1.29, 1.82) is 5.26 Å². The molecule has 1 amide bonds. The Labute approximate surface area is 164 Å². The highest BCUT2D eigenvalue weighted by Crippen LogP contribution is 2.28. The fourth-order valence-corrected chi connectivity index (χ4v) is 3.71. The van der Waals surface area contributed by atoms with Gasteiger partial charge in [0.2, 0.25) is 5.95 Å². The van der Waals surface area contributed by atoms with E-state index >= 15 is 0 Å². The minimum atomic E-state index is -0.219. The van der Waals surface area contributed by atoms with Crippen LogP contribution in [0.1, 0.15) is 12.0 Å². The first-order valence-corrected chi connectivity index (χ1v) is 9.54. The lowest BCUT2D eigenvalue weighted by molar-refractivity contribution is -0.114. The second-order valence-corrected chi connectivity index (χ2v) is 6.92. The van der Waals surface area contributed by atoms with Gasteiger partial charge in [0.25, 0.3) is 5.91 Å². The van der Waals surface area contributed by atoms with Crippen molar-refractivity contribution in [2.75, 3.05) is 42.5 Å². The molecule has 2 aromatic rings. The van der Waals surface area contributed by atoms with Gasteiger partial charge in [-0.3, -0.25) is 4.79 Å². The second kappa shape index (κ2) is 8.09. The number of aromatic nitrogens is 2. The third-order valence-corrected chi connectivity index (χ3v) is 5.17. The van der Waals surface area contributed by atoms with E-state index in [9.17, 15) is 10.1 Å². The summed E-state index contributed by atoms with van der Waals surface area (Å²) in [7, 11) is 0. The van der Waals surface area contributed by atoms with Crippen LogP contribution in [0.2, 0.25) is 0 Å². The summed E-state index contributed by atoms with van der Waals surface area (Å²) in [6.45, 7) is 3.58. The predicted octanol–water partition coefficient (Wildman–Crippen LogP) is 1.99. The highest BCUT2D eigenvalue weighted by atomic mass is 16.2. The van der Waals surface area contributed by atoms with Crippen molar-refractivity contribution in [2.45, 2.75) is 12.8 Å². The number of carbonyl (C=O) groups excluding carboxylic acids is 1. The van der Waals surface area contributed by atoms with Crippen molar-refractivity contribution < 1.29 is 4.79 Å². The van der Waals surface area contributed by atoms with E-state index in [-0.39, 0.29) is 11.5 Å². The van der Waals surface area contributed by atoms with Crippen LogP contribution in [0, 0.1) is 11.3 Å². The maximum Gasteiger partial charge on any atom is 0.270 e. The predicted molar refractivity (Wildman–Crippen MR) is 107 cm³/mol. The number of para-hydroxylation sites is 1. The van der Waals surface area contributed by atoms with Gasteiger partial charge in [-0.2, -0.15) is 5.26 Å². The second-order valence-electron chi connectivity index (χ2n) is 6.92. The summed E-state index contributed by atoms with van der Waals surface area (Å²) in [5, 5.41) is 9.61. The Morgan fingerprint density at radius 2 is 1.79 bits per heavy atom. The monoisotopic (exact) mass is 374 g/mol. The van der Waals surface area contributed by atoms with Crippen LogP contribution >= 0.6 is 0 Å². The molecule has 0 spiro atoms. The van der Waals surface area contributed by atoms with Crippen LogP contribution in [0.5, 0.6) is 0 Å². The zero-order chi connectivity index (χ0) is 19.3. The summed E-state index contributed by atoms with van der Waals surface area (Å²) in [6.07, 6.45) is 7.06. The molecule has 0 aliphatic carbocycles. The number of piperazine rings is 1. The van der Waals surface area contributed by atoms with E-state index in [4.69, 9.17) is 0 Å². The molecule has 0 unspecified atom stereocenters. The van der Waals surface area contributed by atoms with Gasteiger partial charge in [0.05, 0.1) is 0 Å². The molecule has 0 atom stereocenters. The van der Waals surface area contributed by atoms with E-state index in [1.54, 1.807) is 29.6 Å². The molecule has 0 radical (unpaired) electrons. The van der Waals surface area contributed by atoms with Crippen molar-refractivity contribution in [3.63, 3.8) is 0 Å². The maximum absolute atomic E-state index is 13.0. The number of amides is 1. The SMILES string of the molecule is N#C/C(=C/N1CCN(c2ncccn2)CC1)C(=O)N1CCCc2ccccc21. The number of rotatable bonds is 3. The first-order valence-electron chi connectivity index (χ1n) is 9.54. The van der Waals surface area contributed by atoms with Gasteiger partial charge in [-0.1, -0.05) is 18.2 Å². The van der Waals surface area contributed by atoms with Crippen LogP contribution in [0.3, 0.4) is 0 Å². The molecular formula is C21H22N6O. The number of carbonyl (C=O) groups is 1. The molecule has 7 nitrogen and oxygen atoms in total. The van der Waals surface area contributed by atoms with Crippen molar-refractivity contribution in [2.24, 2.45) is 0 Å². The van der Waals surface area contributed by atoms with Gasteiger partial charge in [-0.05, 0) is 30.5 Å². The zero-order valence-corrected chi connectivity index (χ0v) is 15.7. The maximum atomic E-state index is 13.0. The largest absolute Gasteiger partial charge is 0.373 e. The number of aryl methyl sites for hydroxylation is 1. The van der Waals surface area contributed by atoms with E-state index in [0.29, 0.717) is 25.6 Å². The summed E-state index contributed by atoms with van der Waals surface area (Å²) in [5.41, 5.74) is 2.27. The van der Waals surface area contributed by atoms with Gasteiger partial charge in [0.15, 0.2) is 0 Å². The van der Waals surface area contributed by atoms with Crippen molar-refractivity contribution >= 4 is 17.5 Å². The lowest BCUT2D eigenvalue weighted by atomic mass is 10.0. The van der Waals surface area contributed by atoms with Crippen molar-refractivity contribution in [3.05, 3.63) is 60.1 Å². The van der Waals surface area contributed by atoms with Crippen LogP contribution in [0.4, 0.5) is 11.6 Å². The van der Waals surface area contributed by atoms with Crippen molar-refractivity contribution in [3.8, 4) is 6.07 Å². The molecule has 0 saturated carbocycles. The van der Waals surface area contributed by atoms with Crippen LogP contribution in [-0.2, 0) is 11.2 Å². The molecule has 1 aromatic carbocycles. The van der Waals surface area contributed by atoms with Crippen LogP contribution < -0.4 is 9.80 Å². The Morgan fingerprint density at radius 3 is 2.54 bits per heavy atom. The summed E-state index contributed by atoms with van der Waals surface area (Å²) in [6, 6.07) is 11.8. The highest BCUT2D eigenvalue weighted by Gasteiger charge is 2.26. The average molecular weight is 374 g/mol. The molecule has 1 aromatic heterocycles. The zero-order valence-electron chi connectivity index (χ0n) is 15.7. The normalized spacial score (nSPS) is 17.1. The molecule has 1 saturated heterocycles. The highest BCUT2D eigenvalue weighted by molar-refractivity contribution is 6.08. The number of benzene rings is 1. The molecule has 3 heterocycles. The number of anilines is 2. The lowest BCUT2D eigenvalue weighted by Gasteiger charge is -2.34. The van der Waals surface area contributed by atoms with E-state index in [1.165, 1.54) is 0 Å². The summed E-state index contributed by atoms with van der Waals surface area (Å²) in [4.78, 5) is 27.5. The van der Waals surface area contributed by atoms with Crippen molar-refractivity contribution in [1.82, 2.24) is 14.9 Å². The lowest BCUT2D eigenvalue weighted by Crippen LogP contribution is -2.45. The first-order chi connectivity index (χ1) is 13.8. The Morgan fingerprint density at radius 1 is 1.04 bits per heavy atom. The Bertz CT molecular complexity index is 912. The topological polar surface area (TPSA) is 76.4 Å². The number of fused-ring (bicyclic) bond motifs is 1. The Balaban J connectivity index is 1.46. The number of nitriles is 1. The third kappa shape index (κ3) is 3.67. The van der Waals surface area contributed by atoms with Gasteiger partial charge in [-0.15, -0.1) is 0 Å². The van der Waals surface area contributed by atoms with Crippen LogP contribution in [0.15, 0.2) is 54.5 Å². The quantitative estimate of drug-likeness (QED) is 0.604. The fourth-order valence-electron chi connectivity index (χ4n) is 3.71. The summed E-state index contributed by atoms with van der Waals surface area (Å²) < 4.78 is 0. The molecule has 2 aliphatic heterocycles. The van der Waals surface area contributed by atoms with Gasteiger partial charge in [0.1, 0.15) is 11.6 Å². The van der Waals surface area contributed by atoms with Gasteiger partial charge in [0, 0.05) is 57.0 Å². The van der Waals surface area contributed by atoms with Gasteiger partial charge >= 0.3 is 0 Å². The van der Waals surface area contributed by atoms with Gasteiger partial charge in [-0.25, -0.2) is 9.97 Å². The fraction of sp³-hybridized carbons (Fsp3) is 0.333. The Kier molecular flexibility index (Phi) is 5.20. The summed E-state index contributed by atoms with van der Waals surface area (Å²) >= 11 is 0. The number of nitrogens with zero attached hydrogens (tertiary/aromatic N) is 6. The minimum absolute atomic E-state index is 0.182. The first kappa shape index (κ1) is 18.0. The smallest absolute Gasteiger partial charge is 0.270 e. The molecule has 0 bridgehead atoms. The number of hydrogen-bond acceptors (Lipinski definition) is 6. The summed E-state index contributed by atoms with van der Waals surface area (Å²) in [5.74, 6) is 0.496. The van der Waals surface area contributed by atoms with E-state index in [1.807, 2.05) is 23.1 Å². The van der Waals surface area contributed by atoms with Crippen LogP contribution in [-0.4, -0.2) is 53.5 Å². The molecule has 142 valence electrons. The number of hydrogen-bond donors (Lipinski definition) is 0. The van der Waals surface area contributed by atoms with E-state index < -0.39 is 0 Å². The molecule has 28 heavy (non-hydrogen) atoms. The standard InChI is InChI=1S/C21H22N6O/c22-15-18(20(28)27-10-3-6-17-5-1-2-7-19(17)27)16-25-11-13-26(14-12-25)21-23-8-4-9-24-21/h1-2,4-5,7-9,16H,3,6,10-14H2/b18-16-. The molecule has 1 fully saturated rings. The molecular weight excluding hydrogens is 352 g/mol.